The zero-order valence-corrected chi connectivity index (χ0v) is 10.8. The number of aromatic nitrogens is 3. The second kappa shape index (κ2) is 4.03. The van der Waals surface area contributed by atoms with E-state index in [9.17, 15) is 0 Å². The third-order valence-corrected chi connectivity index (χ3v) is 4.47. The summed E-state index contributed by atoms with van der Waals surface area (Å²) in [4.78, 5) is 1.12. The van der Waals surface area contributed by atoms with Gasteiger partial charge in [0, 0.05) is 11.9 Å². The lowest BCUT2D eigenvalue weighted by molar-refractivity contribution is 0.654. The summed E-state index contributed by atoms with van der Waals surface area (Å²) < 4.78 is 2.83. The third kappa shape index (κ3) is 1.97. The lowest BCUT2D eigenvalue weighted by Crippen LogP contribution is -2.14. The Morgan fingerprint density at radius 3 is 2.80 bits per heavy atom. The van der Waals surface area contributed by atoms with Gasteiger partial charge in [-0.25, -0.2) is 0 Å². The molecule has 2 aromatic heterocycles. The fraction of sp³-hybridized carbons (Fsp3) is 0.333. The molecule has 15 heavy (non-hydrogen) atoms. The van der Waals surface area contributed by atoms with Crippen LogP contribution in [0.15, 0.2) is 16.0 Å². The molecule has 0 radical (unpaired) electrons. The fourth-order valence-corrected chi connectivity index (χ4v) is 2.95. The van der Waals surface area contributed by atoms with Gasteiger partial charge in [-0.05, 0) is 34.5 Å². The first-order chi connectivity index (χ1) is 7.09. The first kappa shape index (κ1) is 10.8. The molecule has 0 bridgehead atoms. The molecule has 2 heterocycles. The van der Waals surface area contributed by atoms with Crippen molar-refractivity contribution < 1.29 is 0 Å². The second-order valence-electron chi connectivity index (χ2n) is 3.37. The van der Waals surface area contributed by atoms with Gasteiger partial charge in [-0.15, -0.1) is 16.4 Å². The molecule has 0 fully saturated rings. The van der Waals surface area contributed by atoms with Crippen molar-refractivity contribution in [3.8, 4) is 0 Å². The van der Waals surface area contributed by atoms with Crippen molar-refractivity contribution in [1.29, 1.82) is 0 Å². The minimum absolute atomic E-state index is 0.153. The Bertz CT molecular complexity index is 457. The lowest BCUT2D eigenvalue weighted by Gasteiger charge is -2.08. The van der Waals surface area contributed by atoms with Gasteiger partial charge >= 0.3 is 0 Å². The number of thiophene rings is 1. The quantitative estimate of drug-likeness (QED) is 0.919. The number of aryl methyl sites for hydroxylation is 2. The molecule has 0 aliphatic carbocycles. The number of rotatable bonds is 2. The van der Waals surface area contributed by atoms with Gasteiger partial charge in [-0.3, -0.25) is 4.68 Å². The van der Waals surface area contributed by atoms with Crippen LogP contribution in [0.4, 0.5) is 0 Å². The zero-order chi connectivity index (χ0) is 11.0. The molecule has 2 aromatic rings. The summed E-state index contributed by atoms with van der Waals surface area (Å²) in [6.45, 7) is 2.05. The van der Waals surface area contributed by atoms with Crippen LogP contribution in [0.2, 0.25) is 0 Å². The second-order valence-corrected chi connectivity index (χ2v) is 5.77. The maximum atomic E-state index is 6.13. The van der Waals surface area contributed by atoms with Gasteiger partial charge in [0.25, 0.3) is 0 Å². The van der Waals surface area contributed by atoms with Crippen LogP contribution in [0, 0.1) is 6.92 Å². The highest BCUT2D eigenvalue weighted by Crippen LogP contribution is 2.32. The molecule has 0 aliphatic heterocycles. The topological polar surface area (TPSA) is 56.7 Å². The monoisotopic (exact) mass is 286 g/mol. The van der Waals surface area contributed by atoms with Crippen LogP contribution in [-0.4, -0.2) is 15.0 Å². The zero-order valence-electron chi connectivity index (χ0n) is 8.44. The predicted molar refractivity (Wildman–Crippen MR) is 63.8 cm³/mol. The molecule has 0 spiro atoms. The fourth-order valence-electron chi connectivity index (χ4n) is 1.36. The van der Waals surface area contributed by atoms with Crippen molar-refractivity contribution in [3.63, 3.8) is 0 Å². The molecule has 2 N–H and O–H groups in total. The molecular weight excluding hydrogens is 276 g/mol. The van der Waals surface area contributed by atoms with Crippen molar-refractivity contribution in [2.24, 2.45) is 12.8 Å². The summed E-state index contributed by atoms with van der Waals surface area (Å²) in [5.74, 6) is 0. The number of nitrogens with zero attached hydrogens (tertiary/aromatic N) is 3. The van der Waals surface area contributed by atoms with Gasteiger partial charge in [-0.1, -0.05) is 5.21 Å². The highest BCUT2D eigenvalue weighted by molar-refractivity contribution is 9.11. The summed E-state index contributed by atoms with van der Waals surface area (Å²) in [6, 6.07) is 1.94. The molecule has 1 unspecified atom stereocenters. The van der Waals surface area contributed by atoms with Crippen molar-refractivity contribution in [3.05, 3.63) is 32.2 Å². The molecule has 80 valence electrons. The van der Waals surface area contributed by atoms with E-state index < -0.39 is 0 Å². The Morgan fingerprint density at radius 1 is 1.60 bits per heavy atom. The molecule has 0 aromatic carbocycles. The van der Waals surface area contributed by atoms with E-state index in [2.05, 4.69) is 39.2 Å². The van der Waals surface area contributed by atoms with Crippen molar-refractivity contribution in [2.45, 2.75) is 13.0 Å². The molecule has 0 saturated heterocycles. The van der Waals surface area contributed by atoms with E-state index in [-0.39, 0.29) is 6.04 Å². The van der Waals surface area contributed by atoms with Gasteiger partial charge in [0.1, 0.15) is 0 Å². The van der Waals surface area contributed by atoms with Gasteiger partial charge in [0.2, 0.25) is 0 Å². The van der Waals surface area contributed by atoms with E-state index in [0.717, 1.165) is 14.4 Å². The Kier molecular flexibility index (Phi) is 2.90. The Balaban J connectivity index is 2.36. The van der Waals surface area contributed by atoms with Crippen molar-refractivity contribution in [1.82, 2.24) is 15.0 Å². The average Bonchev–Trinajstić information content (AvgIpc) is 2.74. The minimum Gasteiger partial charge on any atom is -0.318 e. The Labute approximate surface area is 100 Å². The number of nitrogens with two attached hydrogens (primary N) is 1. The molecule has 4 nitrogen and oxygen atoms in total. The average molecular weight is 287 g/mol. The maximum Gasteiger partial charge on any atom is 0.0833 e. The number of hydrogen-bond acceptors (Lipinski definition) is 4. The summed E-state index contributed by atoms with van der Waals surface area (Å²) in [5, 5.41) is 7.70. The smallest absolute Gasteiger partial charge is 0.0833 e. The van der Waals surface area contributed by atoms with Crippen LogP contribution in [-0.2, 0) is 7.05 Å². The Hall–Kier alpha value is -0.720. The highest BCUT2D eigenvalue weighted by Gasteiger charge is 2.16. The summed E-state index contributed by atoms with van der Waals surface area (Å²) in [5.41, 5.74) is 8.26. The third-order valence-electron chi connectivity index (χ3n) is 2.25. The molecule has 0 aliphatic rings. The van der Waals surface area contributed by atoms with Crippen LogP contribution in [0.25, 0.3) is 0 Å². The Morgan fingerprint density at radius 2 is 2.33 bits per heavy atom. The number of hydrogen-bond donors (Lipinski definition) is 1. The van der Waals surface area contributed by atoms with E-state index in [1.54, 1.807) is 22.2 Å². The van der Waals surface area contributed by atoms with E-state index >= 15 is 0 Å². The summed E-state index contributed by atoms with van der Waals surface area (Å²) in [7, 11) is 1.84. The largest absolute Gasteiger partial charge is 0.318 e. The SMILES string of the molecule is Cc1cc(C(N)c2cnnn2C)sc1Br. The van der Waals surface area contributed by atoms with Gasteiger partial charge in [0.05, 0.1) is 21.7 Å². The van der Waals surface area contributed by atoms with Crippen LogP contribution in [0.1, 0.15) is 22.2 Å². The molecule has 2 rings (SSSR count). The summed E-state index contributed by atoms with van der Waals surface area (Å²) >= 11 is 5.14. The van der Waals surface area contributed by atoms with E-state index in [1.165, 1.54) is 5.56 Å². The van der Waals surface area contributed by atoms with E-state index in [1.807, 2.05) is 7.05 Å². The predicted octanol–water partition coefficient (Wildman–Crippen LogP) is 2.00. The highest BCUT2D eigenvalue weighted by atomic mass is 79.9. The van der Waals surface area contributed by atoms with Crippen molar-refractivity contribution in [2.75, 3.05) is 0 Å². The number of halogens is 1. The van der Waals surface area contributed by atoms with E-state index in [4.69, 9.17) is 5.73 Å². The van der Waals surface area contributed by atoms with Gasteiger partial charge < -0.3 is 5.73 Å². The van der Waals surface area contributed by atoms with Crippen LogP contribution in [0.3, 0.4) is 0 Å². The van der Waals surface area contributed by atoms with Crippen LogP contribution in [0.5, 0.6) is 0 Å². The standard InChI is InChI=1S/C9H11BrN4S/c1-5-3-7(15-9(5)10)8(11)6-4-12-13-14(6)2/h3-4,8H,11H2,1-2H3. The normalized spacial score (nSPS) is 13.1. The first-order valence-corrected chi connectivity index (χ1v) is 6.06. The maximum absolute atomic E-state index is 6.13. The lowest BCUT2D eigenvalue weighted by atomic mass is 10.2. The molecule has 1 atom stereocenters. The summed E-state index contributed by atoms with van der Waals surface area (Å²) in [6.07, 6.45) is 1.70. The molecular formula is C9H11BrN4S. The minimum atomic E-state index is -0.153. The first-order valence-electron chi connectivity index (χ1n) is 4.45. The van der Waals surface area contributed by atoms with Gasteiger partial charge in [-0.2, -0.15) is 0 Å². The molecule has 0 saturated carbocycles. The van der Waals surface area contributed by atoms with E-state index in [0.29, 0.717) is 0 Å². The van der Waals surface area contributed by atoms with Crippen LogP contribution >= 0.6 is 27.3 Å². The van der Waals surface area contributed by atoms with Gasteiger partial charge in [0.15, 0.2) is 0 Å². The molecule has 6 heteroatoms. The van der Waals surface area contributed by atoms with Crippen molar-refractivity contribution >= 4 is 27.3 Å². The van der Waals surface area contributed by atoms with Crippen LogP contribution < -0.4 is 5.73 Å². The molecule has 0 amide bonds.